The molecule has 1 saturated heterocycles. The van der Waals surface area contributed by atoms with E-state index in [2.05, 4.69) is 5.32 Å². The van der Waals surface area contributed by atoms with Gasteiger partial charge in [0.15, 0.2) is 0 Å². The van der Waals surface area contributed by atoms with E-state index in [1.54, 1.807) is 0 Å². The fourth-order valence-corrected chi connectivity index (χ4v) is 2.37. The molecular formula is C12H15ClF2N2O. The molecule has 0 saturated carbocycles. The zero-order valence-corrected chi connectivity index (χ0v) is 10.6. The monoisotopic (exact) mass is 276 g/mol. The summed E-state index contributed by atoms with van der Waals surface area (Å²) in [6.07, 6.45) is 0. The van der Waals surface area contributed by atoms with E-state index in [1.807, 2.05) is 4.90 Å². The van der Waals surface area contributed by atoms with Crippen molar-refractivity contribution in [2.24, 2.45) is 0 Å². The van der Waals surface area contributed by atoms with Crippen LogP contribution < -0.4 is 5.32 Å². The lowest BCUT2D eigenvalue weighted by Crippen LogP contribution is -2.45. The van der Waals surface area contributed by atoms with E-state index in [1.165, 1.54) is 6.07 Å². The molecule has 0 aromatic heterocycles. The van der Waals surface area contributed by atoms with Crippen LogP contribution in [-0.4, -0.2) is 42.9 Å². The Morgan fingerprint density at radius 1 is 1.39 bits per heavy atom. The molecule has 0 amide bonds. The second-order valence-electron chi connectivity index (χ2n) is 4.26. The molecule has 1 aromatic rings. The highest BCUT2D eigenvalue weighted by atomic mass is 35.5. The smallest absolute Gasteiger partial charge is 0.145 e. The normalized spacial score (nSPS) is 18.8. The summed E-state index contributed by atoms with van der Waals surface area (Å²) in [5.74, 6) is -1.06. The van der Waals surface area contributed by atoms with Crippen LogP contribution >= 0.6 is 11.6 Å². The van der Waals surface area contributed by atoms with Crippen LogP contribution in [0.15, 0.2) is 12.1 Å². The standard InChI is InChI=1S/C12H15ClF2N2O/c13-11-9(15)2-1-8(12(11)18)10(7-14)17-5-3-16-4-6-17/h1-2,10,16,18H,3-7H2/t10-/m0/s1. The number of hydrogen-bond acceptors (Lipinski definition) is 3. The molecule has 3 nitrogen and oxygen atoms in total. The average molecular weight is 277 g/mol. The average Bonchev–Trinajstić information content (AvgIpc) is 2.41. The first kappa shape index (κ1) is 13.5. The van der Waals surface area contributed by atoms with Gasteiger partial charge in [0.05, 0.1) is 6.04 Å². The lowest BCUT2D eigenvalue weighted by Gasteiger charge is -2.34. The van der Waals surface area contributed by atoms with Gasteiger partial charge in [-0.15, -0.1) is 0 Å². The summed E-state index contributed by atoms with van der Waals surface area (Å²) in [7, 11) is 0. The quantitative estimate of drug-likeness (QED) is 0.887. The fourth-order valence-electron chi connectivity index (χ4n) is 2.19. The number of nitrogens with zero attached hydrogens (tertiary/aromatic N) is 1. The maximum absolute atomic E-state index is 13.2. The number of rotatable bonds is 3. The Morgan fingerprint density at radius 3 is 2.67 bits per heavy atom. The number of phenolic OH excluding ortho intramolecular Hbond substituents is 1. The number of piperazine rings is 1. The predicted molar refractivity (Wildman–Crippen MR) is 66.2 cm³/mol. The van der Waals surface area contributed by atoms with Gasteiger partial charge >= 0.3 is 0 Å². The van der Waals surface area contributed by atoms with Crippen LogP contribution in [0.3, 0.4) is 0 Å². The van der Waals surface area contributed by atoms with E-state index in [-0.39, 0.29) is 10.8 Å². The highest BCUT2D eigenvalue weighted by Gasteiger charge is 2.26. The molecular weight excluding hydrogens is 262 g/mol. The number of nitrogens with one attached hydrogen (secondary N) is 1. The van der Waals surface area contributed by atoms with Gasteiger partial charge in [0, 0.05) is 31.7 Å². The summed E-state index contributed by atoms with van der Waals surface area (Å²) < 4.78 is 26.4. The van der Waals surface area contributed by atoms with Crippen molar-refractivity contribution in [2.45, 2.75) is 6.04 Å². The molecule has 0 unspecified atom stereocenters. The molecule has 0 bridgehead atoms. The van der Waals surface area contributed by atoms with E-state index in [9.17, 15) is 13.9 Å². The van der Waals surface area contributed by atoms with Gasteiger partial charge < -0.3 is 10.4 Å². The Bertz CT molecular complexity index is 425. The zero-order valence-electron chi connectivity index (χ0n) is 9.80. The summed E-state index contributed by atoms with van der Waals surface area (Å²) in [5.41, 5.74) is 0.339. The Morgan fingerprint density at radius 2 is 2.06 bits per heavy atom. The van der Waals surface area contributed by atoms with Crippen LogP contribution in [0, 0.1) is 5.82 Å². The van der Waals surface area contributed by atoms with E-state index >= 15 is 0 Å². The summed E-state index contributed by atoms with van der Waals surface area (Å²) in [6.45, 7) is 2.26. The van der Waals surface area contributed by atoms with Gasteiger partial charge in [0.1, 0.15) is 23.3 Å². The maximum Gasteiger partial charge on any atom is 0.145 e. The van der Waals surface area contributed by atoms with Gasteiger partial charge in [-0.2, -0.15) is 0 Å². The molecule has 1 aliphatic heterocycles. The summed E-state index contributed by atoms with van der Waals surface area (Å²) >= 11 is 5.64. The molecule has 1 fully saturated rings. The van der Waals surface area contributed by atoms with E-state index in [0.29, 0.717) is 18.7 Å². The van der Waals surface area contributed by atoms with Gasteiger partial charge in [-0.25, -0.2) is 8.78 Å². The highest BCUT2D eigenvalue weighted by Crippen LogP contribution is 2.36. The largest absolute Gasteiger partial charge is 0.506 e. The summed E-state index contributed by atoms with van der Waals surface area (Å²) in [6, 6.07) is 1.97. The third-order valence-electron chi connectivity index (χ3n) is 3.20. The van der Waals surface area contributed by atoms with Crippen molar-refractivity contribution in [1.82, 2.24) is 10.2 Å². The zero-order chi connectivity index (χ0) is 13.1. The van der Waals surface area contributed by atoms with Crippen molar-refractivity contribution >= 4 is 11.6 Å². The maximum atomic E-state index is 13.2. The number of alkyl halides is 1. The van der Waals surface area contributed by atoms with E-state index in [0.717, 1.165) is 19.2 Å². The minimum absolute atomic E-state index is 0.339. The molecule has 100 valence electrons. The molecule has 1 heterocycles. The Kier molecular flexibility index (Phi) is 4.37. The van der Waals surface area contributed by atoms with Crippen molar-refractivity contribution < 1.29 is 13.9 Å². The third-order valence-corrected chi connectivity index (χ3v) is 3.56. The SMILES string of the molecule is Oc1c([C@H](CF)N2CCNCC2)ccc(F)c1Cl. The molecule has 2 N–H and O–H groups in total. The minimum atomic E-state index is -0.698. The predicted octanol–water partition coefficient (Wildman–Crippen LogP) is 2.10. The Hall–Kier alpha value is -0.910. The van der Waals surface area contributed by atoms with E-state index < -0.39 is 18.5 Å². The number of phenols is 1. The van der Waals surface area contributed by atoms with Gasteiger partial charge in [0.25, 0.3) is 0 Å². The minimum Gasteiger partial charge on any atom is -0.506 e. The molecule has 2 rings (SSSR count). The molecule has 18 heavy (non-hydrogen) atoms. The molecule has 0 aliphatic carbocycles. The van der Waals surface area contributed by atoms with Crippen molar-refractivity contribution in [3.63, 3.8) is 0 Å². The molecule has 0 spiro atoms. The van der Waals surface area contributed by atoms with Gasteiger partial charge in [-0.05, 0) is 6.07 Å². The first-order valence-corrected chi connectivity index (χ1v) is 6.20. The van der Waals surface area contributed by atoms with Crippen LogP contribution in [0.5, 0.6) is 5.75 Å². The van der Waals surface area contributed by atoms with Crippen molar-refractivity contribution in [2.75, 3.05) is 32.9 Å². The van der Waals surface area contributed by atoms with Gasteiger partial charge in [-0.3, -0.25) is 4.90 Å². The van der Waals surface area contributed by atoms with Crippen LogP contribution in [0.25, 0.3) is 0 Å². The van der Waals surface area contributed by atoms with Gasteiger partial charge in [-0.1, -0.05) is 17.7 Å². The second kappa shape index (κ2) is 5.82. The molecule has 6 heteroatoms. The Balaban J connectivity index is 2.29. The van der Waals surface area contributed by atoms with Crippen LogP contribution in [0.1, 0.15) is 11.6 Å². The highest BCUT2D eigenvalue weighted by molar-refractivity contribution is 6.32. The van der Waals surface area contributed by atoms with Gasteiger partial charge in [0.2, 0.25) is 0 Å². The number of benzene rings is 1. The Labute approximate surface area is 109 Å². The molecule has 1 atom stereocenters. The topological polar surface area (TPSA) is 35.5 Å². The first-order chi connectivity index (χ1) is 8.65. The number of hydrogen-bond donors (Lipinski definition) is 2. The third kappa shape index (κ3) is 2.58. The molecule has 0 radical (unpaired) electrons. The van der Waals surface area contributed by atoms with E-state index in [4.69, 9.17) is 11.6 Å². The van der Waals surface area contributed by atoms with Crippen molar-refractivity contribution in [3.05, 3.63) is 28.5 Å². The van der Waals surface area contributed by atoms with Crippen LogP contribution in [-0.2, 0) is 0 Å². The summed E-state index contributed by atoms with van der Waals surface area (Å²) in [4.78, 5) is 1.92. The van der Waals surface area contributed by atoms with Crippen LogP contribution in [0.4, 0.5) is 8.78 Å². The number of halogens is 3. The lowest BCUT2D eigenvalue weighted by atomic mass is 10.0. The number of aromatic hydroxyl groups is 1. The van der Waals surface area contributed by atoms with Crippen LogP contribution in [0.2, 0.25) is 5.02 Å². The lowest BCUT2D eigenvalue weighted by molar-refractivity contribution is 0.145. The van der Waals surface area contributed by atoms with Crippen molar-refractivity contribution in [3.8, 4) is 5.75 Å². The second-order valence-corrected chi connectivity index (χ2v) is 4.63. The fraction of sp³-hybridized carbons (Fsp3) is 0.500. The molecule has 1 aliphatic rings. The summed E-state index contributed by atoms with van der Waals surface area (Å²) in [5, 5.41) is 12.7. The van der Waals surface area contributed by atoms with Crippen molar-refractivity contribution in [1.29, 1.82) is 0 Å². The molecule has 1 aromatic carbocycles. The first-order valence-electron chi connectivity index (χ1n) is 5.82.